The van der Waals surface area contributed by atoms with E-state index in [1.807, 2.05) is 0 Å². The van der Waals surface area contributed by atoms with Gasteiger partial charge >= 0.3 is 0 Å². The van der Waals surface area contributed by atoms with Crippen molar-refractivity contribution in [3.8, 4) is 5.75 Å². The van der Waals surface area contributed by atoms with E-state index in [1.54, 1.807) is 17.0 Å². The molecule has 0 spiro atoms. The summed E-state index contributed by atoms with van der Waals surface area (Å²) < 4.78 is 4.85. The highest BCUT2D eigenvalue weighted by Crippen LogP contribution is 2.26. The van der Waals surface area contributed by atoms with Gasteiger partial charge in [0.25, 0.3) is 0 Å². The zero-order chi connectivity index (χ0) is 8.97. The Balaban J connectivity index is 3.02. The Hall–Kier alpha value is -1.46. The topological polar surface area (TPSA) is 79.4 Å². The van der Waals surface area contributed by atoms with Crippen molar-refractivity contribution >= 4 is 11.4 Å². The van der Waals surface area contributed by atoms with Gasteiger partial charge < -0.3 is 26.1 Å². The van der Waals surface area contributed by atoms with Crippen LogP contribution in [0.3, 0.4) is 0 Å². The molecule has 12 heavy (non-hydrogen) atoms. The molecule has 1 rings (SSSR count). The average Bonchev–Trinajstić information content (AvgIpc) is 2.16. The molecule has 0 unspecified atom stereocenters. The van der Waals surface area contributed by atoms with Crippen LogP contribution in [0.1, 0.15) is 0 Å². The first kappa shape index (κ1) is 8.63. The maximum Gasteiger partial charge on any atom is 0.121 e. The molecule has 2 N–H and O–H groups in total. The molecule has 0 atom stereocenters. The molecule has 0 amide bonds. The molecule has 66 valence electrons. The highest BCUT2D eigenvalue weighted by molar-refractivity contribution is 5.71. The molecule has 0 saturated heterocycles. The summed E-state index contributed by atoms with van der Waals surface area (Å²) in [7, 11) is 1.48. The number of hydrogen-bond donors (Lipinski definition) is 2. The zero-order valence-corrected chi connectivity index (χ0v) is 6.46. The summed E-state index contributed by atoms with van der Waals surface area (Å²) in [6.45, 7) is 0. The first-order valence-corrected chi connectivity index (χ1v) is 3.26. The van der Waals surface area contributed by atoms with Gasteiger partial charge in [0.15, 0.2) is 0 Å². The van der Waals surface area contributed by atoms with Crippen LogP contribution in [-0.4, -0.2) is 7.11 Å². The van der Waals surface area contributed by atoms with Gasteiger partial charge in [-0.05, 0) is 12.1 Å². The fourth-order valence-electron chi connectivity index (χ4n) is 0.824. The summed E-state index contributed by atoms with van der Waals surface area (Å²) in [5.74, 6) is 0.521. The van der Waals surface area contributed by atoms with Gasteiger partial charge in [0, 0.05) is 17.4 Å². The molecule has 5 heteroatoms. The fraction of sp³-hybridized carbons (Fsp3) is 0.143. The summed E-state index contributed by atoms with van der Waals surface area (Å²) in [6.07, 6.45) is 0. The van der Waals surface area contributed by atoms with E-state index in [-0.39, 0.29) is 11.4 Å². The van der Waals surface area contributed by atoms with E-state index in [9.17, 15) is 10.4 Å². The lowest BCUT2D eigenvalue weighted by atomic mass is 10.2. The molecule has 0 heterocycles. The minimum atomic E-state index is 0.171. The first-order chi connectivity index (χ1) is 5.81. The maximum absolute atomic E-state index is 10.3. The molecule has 0 aliphatic rings. The molecule has 0 bridgehead atoms. The Bertz CT molecular complexity index is 265. The van der Waals surface area contributed by atoms with E-state index in [4.69, 9.17) is 4.74 Å². The Morgan fingerprint density at radius 1 is 1.17 bits per heavy atom. The summed E-state index contributed by atoms with van der Waals surface area (Å²) in [5, 5.41) is 20.5. The normalized spacial score (nSPS) is 9.25. The van der Waals surface area contributed by atoms with Gasteiger partial charge in [-0.25, -0.2) is 0 Å². The van der Waals surface area contributed by atoms with Crippen molar-refractivity contribution in [1.29, 1.82) is 0 Å². The molecule has 0 radical (unpaired) electrons. The largest absolute Gasteiger partial charge is 0.761 e. The number of rotatable bonds is 3. The summed E-state index contributed by atoms with van der Waals surface area (Å²) >= 11 is 0. The van der Waals surface area contributed by atoms with Crippen molar-refractivity contribution in [2.45, 2.75) is 0 Å². The standard InChI is InChI=1S/C7H8N2O3/c1-12-5-2-3-6(8-10)7(4-5)9-11/h2-4,8-9H,1H3/q-2. The van der Waals surface area contributed by atoms with Crippen LogP contribution in [0.15, 0.2) is 18.2 Å². The predicted molar refractivity (Wildman–Crippen MR) is 47.0 cm³/mol. The quantitative estimate of drug-likeness (QED) is 0.669. The molecule has 0 aliphatic heterocycles. The van der Waals surface area contributed by atoms with E-state index in [0.29, 0.717) is 5.75 Å². The lowest BCUT2D eigenvalue weighted by Gasteiger charge is -2.19. The van der Waals surface area contributed by atoms with Crippen molar-refractivity contribution < 1.29 is 4.74 Å². The molecule has 0 aliphatic carbocycles. The molecule has 1 aromatic carbocycles. The minimum absolute atomic E-state index is 0.171. The van der Waals surface area contributed by atoms with Gasteiger partial charge in [0.1, 0.15) is 5.75 Å². The van der Waals surface area contributed by atoms with E-state index < -0.39 is 0 Å². The number of hydrogen-bond acceptors (Lipinski definition) is 5. The molecule has 0 aromatic heterocycles. The van der Waals surface area contributed by atoms with E-state index in [1.165, 1.54) is 19.2 Å². The number of nitrogens with one attached hydrogen (secondary N) is 2. The average molecular weight is 168 g/mol. The number of benzene rings is 1. The smallest absolute Gasteiger partial charge is 0.121 e. The fourth-order valence-corrected chi connectivity index (χ4v) is 0.824. The van der Waals surface area contributed by atoms with E-state index in [0.717, 1.165) is 0 Å². The van der Waals surface area contributed by atoms with E-state index in [2.05, 4.69) is 0 Å². The lowest BCUT2D eigenvalue weighted by molar-refractivity contribution is 0.415. The van der Waals surface area contributed by atoms with Crippen LogP contribution in [0.4, 0.5) is 11.4 Å². The molecular weight excluding hydrogens is 160 g/mol. The summed E-state index contributed by atoms with van der Waals surface area (Å²) in [6, 6.07) is 4.49. The third-order valence-electron chi connectivity index (χ3n) is 1.45. The Morgan fingerprint density at radius 3 is 2.33 bits per heavy atom. The van der Waals surface area contributed by atoms with Gasteiger partial charge in [0.2, 0.25) is 0 Å². The van der Waals surface area contributed by atoms with Gasteiger partial charge in [-0.1, -0.05) is 0 Å². The monoisotopic (exact) mass is 168 g/mol. The van der Waals surface area contributed by atoms with Crippen molar-refractivity contribution in [2.75, 3.05) is 18.1 Å². The highest BCUT2D eigenvalue weighted by Gasteiger charge is 1.96. The third kappa shape index (κ3) is 1.58. The highest BCUT2D eigenvalue weighted by atomic mass is 16.5. The Kier molecular flexibility index (Phi) is 2.73. The van der Waals surface area contributed by atoms with Gasteiger partial charge in [-0.15, -0.1) is 0 Å². The van der Waals surface area contributed by atoms with Crippen LogP contribution in [0.2, 0.25) is 0 Å². The van der Waals surface area contributed by atoms with Crippen LogP contribution in [-0.2, 0) is 0 Å². The first-order valence-electron chi connectivity index (χ1n) is 3.26. The van der Waals surface area contributed by atoms with Crippen molar-refractivity contribution in [3.05, 3.63) is 28.6 Å². The molecule has 1 aromatic rings. The second kappa shape index (κ2) is 3.80. The van der Waals surface area contributed by atoms with Crippen molar-refractivity contribution in [1.82, 2.24) is 0 Å². The van der Waals surface area contributed by atoms with Crippen LogP contribution in [0.25, 0.3) is 0 Å². The Labute approximate surface area is 69.5 Å². The number of ether oxygens (including phenoxy) is 1. The summed E-state index contributed by atoms with van der Waals surface area (Å²) in [4.78, 5) is 0. The van der Waals surface area contributed by atoms with Crippen LogP contribution in [0, 0.1) is 10.4 Å². The third-order valence-corrected chi connectivity index (χ3v) is 1.45. The molecule has 0 saturated carbocycles. The van der Waals surface area contributed by atoms with Gasteiger partial charge in [-0.3, -0.25) is 0 Å². The molecular formula is C7H8N2O3-2. The number of anilines is 2. The predicted octanol–water partition coefficient (Wildman–Crippen LogP) is 1.51. The summed E-state index contributed by atoms with van der Waals surface area (Å²) in [5.41, 5.74) is 3.63. The Morgan fingerprint density at radius 2 is 1.83 bits per heavy atom. The van der Waals surface area contributed by atoms with Crippen LogP contribution >= 0.6 is 0 Å². The molecule has 5 nitrogen and oxygen atoms in total. The van der Waals surface area contributed by atoms with Crippen molar-refractivity contribution in [3.63, 3.8) is 0 Å². The minimum Gasteiger partial charge on any atom is -0.761 e. The maximum atomic E-state index is 10.3. The second-order valence-corrected chi connectivity index (χ2v) is 2.12. The van der Waals surface area contributed by atoms with Gasteiger partial charge in [0.05, 0.1) is 7.11 Å². The van der Waals surface area contributed by atoms with Crippen LogP contribution in [0.5, 0.6) is 5.75 Å². The SMILES string of the molecule is COc1ccc(N[O-])c(N[O-])c1. The van der Waals surface area contributed by atoms with Crippen LogP contribution < -0.4 is 15.7 Å². The molecule has 0 fully saturated rings. The number of methoxy groups -OCH3 is 1. The lowest BCUT2D eigenvalue weighted by Crippen LogP contribution is -1.94. The zero-order valence-electron chi connectivity index (χ0n) is 6.46. The van der Waals surface area contributed by atoms with Crippen molar-refractivity contribution in [2.24, 2.45) is 0 Å². The van der Waals surface area contributed by atoms with E-state index >= 15 is 0 Å². The van der Waals surface area contributed by atoms with Gasteiger partial charge in [-0.2, -0.15) is 0 Å². The second-order valence-electron chi connectivity index (χ2n) is 2.12.